The minimum absolute atomic E-state index is 0.0650. The number of rotatable bonds is 4. The predicted octanol–water partition coefficient (Wildman–Crippen LogP) is 3.39. The van der Waals surface area contributed by atoms with Crippen LogP contribution in [0.2, 0.25) is 0 Å². The number of thioether (sulfide) groups is 1. The van der Waals surface area contributed by atoms with E-state index in [1.54, 1.807) is 24.8 Å². The Balaban J connectivity index is 1.16. The average Bonchev–Trinajstić information content (AvgIpc) is 3.48. The highest BCUT2D eigenvalue weighted by molar-refractivity contribution is 8.16. The van der Waals surface area contributed by atoms with Crippen LogP contribution in [-0.4, -0.2) is 50.9 Å². The van der Waals surface area contributed by atoms with Crippen molar-refractivity contribution in [3.05, 3.63) is 17.5 Å². The largest absolute Gasteiger partial charge is 0.361 e. The van der Waals surface area contributed by atoms with E-state index in [0.29, 0.717) is 36.5 Å². The van der Waals surface area contributed by atoms with Gasteiger partial charge in [-0.3, -0.25) is 14.6 Å². The fraction of sp³-hybridized carbons (Fsp3) is 0.727. The molecule has 2 aliphatic heterocycles. The van der Waals surface area contributed by atoms with Crippen molar-refractivity contribution >= 4 is 28.7 Å². The fourth-order valence-corrected chi connectivity index (χ4v) is 6.97. The van der Waals surface area contributed by atoms with Gasteiger partial charge in [-0.2, -0.15) is 0 Å². The van der Waals surface area contributed by atoms with E-state index in [9.17, 15) is 9.59 Å². The molecule has 1 N–H and O–H groups in total. The maximum Gasteiger partial charge on any atom is 0.276 e. The molecule has 4 aliphatic rings. The molecule has 2 saturated carbocycles. The van der Waals surface area contributed by atoms with Gasteiger partial charge >= 0.3 is 0 Å². The zero-order valence-electron chi connectivity index (χ0n) is 17.7. The highest BCUT2D eigenvalue weighted by Crippen LogP contribution is 2.47. The molecule has 1 unspecified atom stereocenters. The predicted molar refractivity (Wildman–Crippen MR) is 115 cm³/mol. The van der Waals surface area contributed by atoms with E-state index in [4.69, 9.17) is 9.52 Å². The van der Waals surface area contributed by atoms with Gasteiger partial charge < -0.3 is 14.7 Å². The van der Waals surface area contributed by atoms with Crippen LogP contribution in [0.5, 0.6) is 0 Å². The first-order valence-corrected chi connectivity index (χ1v) is 12.0. The number of fused-ring (bicyclic) bond motifs is 2. The standard InChI is InChI=1S/C22H30N4O3S/c1-13-9-18(25-29-13)19(27)26-7-5-14(6-8-26)12-22(2)20(28)24-21(30-22)23-17-11-15-3-4-16(17)10-15/h9,14-17H,3-8,10-12H2,1-2H3,(H,23,24,28)/t15-,16+,17+,22?/m1/s1. The molecule has 2 aliphatic carbocycles. The number of likely N-dealkylation sites (tertiary alicyclic amines) is 1. The Morgan fingerprint density at radius 3 is 2.77 bits per heavy atom. The van der Waals surface area contributed by atoms with Crippen LogP contribution in [0.1, 0.15) is 68.1 Å². The summed E-state index contributed by atoms with van der Waals surface area (Å²) in [4.78, 5) is 32.1. The van der Waals surface area contributed by atoms with Crippen LogP contribution >= 0.6 is 11.8 Å². The minimum Gasteiger partial charge on any atom is -0.361 e. The Kier molecular flexibility index (Phi) is 5.16. The molecule has 2 amide bonds. The van der Waals surface area contributed by atoms with E-state index < -0.39 is 4.75 Å². The number of carbonyl (C=O) groups excluding carboxylic acids is 2. The summed E-state index contributed by atoms with van der Waals surface area (Å²) in [7, 11) is 0. The molecule has 3 heterocycles. The lowest BCUT2D eigenvalue weighted by Gasteiger charge is -2.34. The molecular weight excluding hydrogens is 400 g/mol. The maximum atomic E-state index is 12.8. The van der Waals surface area contributed by atoms with Crippen LogP contribution < -0.4 is 5.32 Å². The molecule has 4 fully saturated rings. The van der Waals surface area contributed by atoms with Crippen molar-refractivity contribution in [2.45, 2.75) is 69.6 Å². The normalized spacial score (nSPS) is 35.4. The molecule has 2 saturated heterocycles. The first-order chi connectivity index (χ1) is 14.4. The summed E-state index contributed by atoms with van der Waals surface area (Å²) in [6.45, 7) is 5.23. The number of piperidine rings is 1. The molecule has 8 heteroatoms. The van der Waals surface area contributed by atoms with Crippen molar-refractivity contribution in [1.29, 1.82) is 0 Å². The summed E-state index contributed by atoms with van der Waals surface area (Å²) in [6, 6.07) is 2.09. The summed E-state index contributed by atoms with van der Waals surface area (Å²) >= 11 is 1.62. The van der Waals surface area contributed by atoms with Crippen LogP contribution in [-0.2, 0) is 4.79 Å². The Labute approximate surface area is 181 Å². The van der Waals surface area contributed by atoms with Crippen molar-refractivity contribution < 1.29 is 14.1 Å². The average molecular weight is 431 g/mol. The zero-order chi connectivity index (χ0) is 20.9. The number of carbonyl (C=O) groups is 2. The molecule has 7 nitrogen and oxygen atoms in total. The van der Waals surface area contributed by atoms with Crippen LogP contribution in [0.3, 0.4) is 0 Å². The lowest BCUT2D eigenvalue weighted by molar-refractivity contribution is -0.121. The molecule has 0 spiro atoms. The molecule has 0 radical (unpaired) electrons. The number of hydrogen-bond acceptors (Lipinski definition) is 6. The van der Waals surface area contributed by atoms with E-state index in [-0.39, 0.29) is 11.8 Å². The lowest BCUT2D eigenvalue weighted by atomic mass is 9.87. The first-order valence-electron chi connectivity index (χ1n) is 11.2. The molecule has 30 heavy (non-hydrogen) atoms. The Morgan fingerprint density at radius 1 is 1.33 bits per heavy atom. The smallest absolute Gasteiger partial charge is 0.276 e. The molecule has 2 bridgehead atoms. The van der Waals surface area contributed by atoms with Crippen LogP contribution in [0.4, 0.5) is 0 Å². The lowest BCUT2D eigenvalue weighted by Crippen LogP contribution is -2.42. The number of hydrogen-bond donors (Lipinski definition) is 1. The molecule has 1 aromatic heterocycles. The highest BCUT2D eigenvalue weighted by atomic mass is 32.2. The molecule has 1 aromatic rings. The van der Waals surface area contributed by atoms with Crippen molar-refractivity contribution in [3.63, 3.8) is 0 Å². The number of aliphatic imine (C=N–C) groups is 1. The zero-order valence-corrected chi connectivity index (χ0v) is 18.5. The van der Waals surface area contributed by atoms with Gasteiger partial charge in [-0.05, 0) is 70.1 Å². The van der Waals surface area contributed by atoms with E-state index in [0.717, 1.165) is 36.3 Å². The highest BCUT2D eigenvalue weighted by Gasteiger charge is 2.46. The van der Waals surface area contributed by atoms with Gasteiger partial charge in [0, 0.05) is 19.2 Å². The van der Waals surface area contributed by atoms with Crippen molar-refractivity contribution in [2.24, 2.45) is 22.7 Å². The van der Waals surface area contributed by atoms with Crippen molar-refractivity contribution in [1.82, 2.24) is 15.4 Å². The SMILES string of the molecule is Cc1cc(C(=O)N2CCC(CC3(C)SC(=N[C@H]4C[C@@H]5CC[C@H]4C5)NC3=O)CC2)no1. The summed E-state index contributed by atoms with van der Waals surface area (Å²) in [5.41, 5.74) is 0.380. The van der Waals surface area contributed by atoms with E-state index >= 15 is 0 Å². The third-order valence-corrected chi connectivity index (χ3v) is 8.64. The molecule has 5 rings (SSSR count). The van der Waals surface area contributed by atoms with Crippen molar-refractivity contribution in [3.8, 4) is 0 Å². The number of amides is 2. The summed E-state index contributed by atoms with van der Waals surface area (Å²) in [6.07, 6.45) is 7.81. The second-order valence-corrected chi connectivity index (χ2v) is 11.2. The van der Waals surface area contributed by atoms with Gasteiger partial charge in [-0.25, -0.2) is 0 Å². The molecule has 4 atom stereocenters. The van der Waals surface area contributed by atoms with Crippen LogP contribution in [0.25, 0.3) is 0 Å². The van der Waals surface area contributed by atoms with Gasteiger partial charge in [0.05, 0.1) is 10.8 Å². The van der Waals surface area contributed by atoms with E-state index in [2.05, 4.69) is 10.5 Å². The first kappa shape index (κ1) is 20.1. The number of nitrogens with one attached hydrogen (secondary N) is 1. The van der Waals surface area contributed by atoms with Crippen LogP contribution in [0.15, 0.2) is 15.6 Å². The van der Waals surface area contributed by atoms with Gasteiger partial charge in [-0.15, -0.1) is 0 Å². The Bertz CT molecular complexity index is 875. The van der Waals surface area contributed by atoms with Gasteiger partial charge in [-0.1, -0.05) is 23.3 Å². The second-order valence-electron chi connectivity index (χ2n) is 9.73. The third-order valence-electron chi connectivity index (χ3n) is 7.43. The summed E-state index contributed by atoms with van der Waals surface area (Å²) in [5.74, 6) is 2.68. The number of aromatic nitrogens is 1. The fourth-order valence-electron chi connectivity index (χ4n) is 5.75. The monoisotopic (exact) mass is 430 g/mol. The van der Waals surface area contributed by atoms with Gasteiger partial charge in [0.2, 0.25) is 5.91 Å². The summed E-state index contributed by atoms with van der Waals surface area (Å²) in [5, 5.41) is 7.73. The summed E-state index contributed by atoms with van der Waals surface area (Å²) < 4.78 is 4.57. The Morgan fingerprint density at radius 2 is 2.13 bits per heavy atom. The van der Waals surface area contributed by atoms with E-state index in [1.165, 1.54) is 25.7 Å². The number of aryl methyl sites for hydroxylation is 1. The minimum atomic E-state index is -0.462. The third kappa shape index (κ3) is 3.79. The van der Waals surface area contributed by atoms with Crippen molar-refractivity contribution in [2.75, 3.05) is 13.1 Å². The molecule has 162 valence electrons. The van der Waals surface area contributed by atoms with Gasteiger partial charge in [0.25, 0.3) is 5.91 Å². The van der Waals surface area contributed by atoms with E-state index in [1.807, 2.05) is 11.8 Å². The Hall–Kier alpha value is -1.83. The maximum absolute atomic E-state index is 12.8. The number of nitrogens with zero attached hydrogens (tertiary/aromatic N) is 3. The molecular formula is C22H30N4O3S. The van der Waals surface area contributed by atoms with Gasteiger partial charge in [0.15, 0.2) is 10.9 Å². The molecule has 0 aromatic carbocycles. The quantitative estimate of drug-likeness (QED) is 0.791. The number of amidine groups is 1. The topological polar surface area (TPSA) is 87.8 Å². The second kappa shape index (κ2) is 7.70. The van der Waals surface area contributed by atoms with Crippen LogP contribution in [0, 0.1) is 24.7 Å². The van der Waals surface area contributed by atoms with Gasteiger partial charge in [0.1, 0.15) is 5.76 Å².